The molecule has 0 unspecified atom stereocenters. The molecule has 1 fully saturated rings. The molecule has 148 valence electrons. The first-order chi connectivity index (χ1) is 12.2. The summed E-state index contributed by atoms with van der Waals surface area (Å²) >= 11 is 0. The SMILES string of the molecule is CCCCc1ccc(CCC2CCN(CS(=O)(=O)C(C)(C)C)CC2)cc1. The van der Waals surface area contributed by atoms with Crippen LogP contribution in [-0.2, 0) is 22.7 Å². The van der Waals surface area contributed by atoms with Gasteiger partial charge in [-0.15, -0.1) is 0 Å². The first-order valence-corrected chi connectivity index (χ1v) is 11.9. The summed E-state index contributed by atoms with van der Waals surface area (Å²) in [6.45, 7) is 9.44. The molecule has 0 spiro atoms. The monoisotopic (exact) mass is 379 g/mol. The van der Waals surface area contributed by atoms with Crippen molar-refractivity contribution in [3.8, 4) is 0 Å². The van der Waals surface area contributed by atoms with E-state index in [9.17, 15) is 8.42 Å². The lowest BCUT2D eigenvalue weighted by Gasteiger charge is -2.33. The zero-order valence-electron chi connectivity index (χ0n) is 17.1. The minimum absolute atomic E-state index is 0.211. The van der Waals surface area contributed by atoms with Gasteiger partial charge in [-0.05, 0) is 89.4 Å². The van der Waals surface area contributed by atoms with Crippen LogP contribution < -0.4 is 0 Å². The quantitative estimate of drug-likeness (QED) is 0.648. The fourth-order valence-corrected chi connectivity index (χ4v) is 4.59. The van der Waals surface area contributed by atoms with Crippen molar-refractivity contribution in [3.63, 3.8) is 0 Å². The maximum atomic E-state index is 12.4. The molecule has 0 atom stereocenters. The van der Waals surface area contributed by atoms with Gasteiger partial charge < -0.3 is 0 Å². The van der Waals surface area contributed by atoms with Gasteiger partial charge in [-0.3, -0.25) is 4.90 Å². The largest absolute Gasteiger partial charge is 0.290 e. The fraction of sp³-hybridized carbons (Fsp3) is 0.727. The Kier molecular flexibility index (Phi) is 7.72. The summed E-state index contributed by atoms with van der Waals surface area (Å²) < 4.78 is 24.1. The van der Waals surface area contributed by atoms with E-state index in [4.69, 9.17) is 0 Å². The van der Waals surface area contributed by atoms with Gasteiger partial charge in [0.15, 0.2) is 9.84 Å². The van der Waals surface area contributed by atoms with Gasteiger partial charge in [0.25, 0.3) is 0 Å². The molecular formula is C22H37NO2S. The summed E-state index contributed by atoms with van der Waals surface area (Å²) in [4.78, 5) is 2.12. The highest BCUT2D eigenvalue weighted by Crippen LogP contribution is 2.25. The number of aryl methyl sites for hydroxylation is 2. The fourth-order valence-electron chi connectivity index (χ4n) is 3.46. The zero-order chi connectivity index (χ0) is 19.2. The van der Waals surface area contributed by atoms with Gasteiger partial charge in [-0.25, -0.2) is 8.42 Å². The van der Waals surface area contributed by atoms with E-state index in [1.54, 1.807) is 20.8 Å². The van der Waals surface area contributed by atoms with E-state index in [2.05, 4.69) is 36.1 Å². The van der Waals surface area contributed by atoms with Gasteiger partial charge in [0.1, 0.15) is 5.88 Å². The van der Waals surface area contributed by atoms with Crippen LogP contribution in [0.2, 0.25) is 0 Å². The van der Waals surface area contributed by atoms with E-state index in [-0.39, 0.29) is 5.88 Å². The predicted molar refractivity (Wildman–Crippen MR) is 111 cm³/mol. The average Bonchev–Trinajstić information content (AvgIpc) is 2.59. The van der Waals surface area contributed by atoms with E-state index >= 15 is 0 Å². The van der Waals surface area contributed by atoms with E-state index < -0.39 is 14.6 Å². The summed E-state index contributed by atoms with van der Waals surface area (Å²) in [5.74, 6) is 0.936. The van der Waals surface area contributed by atoms with Crippen LogP contribution in [0.1, 0.15) is 70.9 Å². The van der Waals surface area contributed by atoms with Crippen molar-refractivity contribution in [3.05, 3.63) is 35.4 Å². The number of hydrogen-bond donors (Lipinski definition) is 0. The molecular weight excluding hydrogens is 342 g/mol. The van der Waals surface area contributed by atoms with Gasteiger partial charge >= 0.3 is 0 Å². The van der Waals surface area contributed by atoms with Crippen LogP contribution in [0.25, 0.3) is 0 Å². The van der Waals surface area contributed by atoms with E-state index in [1.165, 1.54) is 36.8 Å². The Morgan fingerprint density at radius 3 is 2.04 bits per heavy atom. The van der Waals surface area contributed by atoms with Crippen molar-refractivity contribution in [2.45, 2.75) is 77.4 Å². The van der Waals surface area contributed by atoms with Crippen LogP contribution in [0.4, 0.5) is 0 Å². The number of piperidine rings is 1. The van der Waals surface area contributed by atoms with Crippen LogP contribution >= 0.6 is 0 Å². The minimum Gasteiger partial charge on any atom is -0.290 e. The van der Waals surface area contributed by atoms with Crippen LogP contribution in [0.15, 0.2) is 24.3 Å². The third-order valence-corrected chi connectivity index (χ3v) is 8.25. The minimum atomic E-state index is -3.06. The molecule has 1 aromatic rings. The lowest BCUT2D eigenvalue weighted by molar-refractivity contribution is 0.201. The highest BCUT2D eigenvalue weighted by Gasteiger charge is 2.32. The Morgan fingerprint density at radius 1 is 1.00 bits per heavy atom. The van der Waals surface area contributed by atoms with Gasteiger partial charge in [-0.2, -0.15) is 0 Å². The van der Waals surface area contributed by atoms with Gasteiger partial charge in [0.2, 0.25) is 0 Å². The number of hydrogen-bond acceptors (Lipinski definition) is 3. The normalized spacial score (nSPS) is 17.5. The van der Waals surface area contributed by atoms with E-state index in [0.29, 0.717) is 0 Å². The molecule has 1 heterocycles. The van der Waals surface area contributed by atoms with Gasteiger partial charge in [-0.1, -0.05) is 37.6 Å². The van der Waals surface area contributed by atoms with Crippen molar-refractivity contribution >= 4 is 9.84 Å². The van der Waals surface area contributed by atoms with E-state index in [1.807, 2.05) is 0 Å². The Labute approximate surface area is 161 Å². The number of likely N-dealkylation sites (tertiary alicyclic amines) is 1. The highest BCUT2D eigenvalue weighted by molar-refractivity contribution is 7.92. The van der Waals surface area contributed by atoms with Gasteiger partial charge in [0.05, 0.1) is 4.75 Å². The van der Waals surface area contributed by atoms with Gasteiger partial charge in [0, 0.05) is 0 Å². The Bertz CT molecular complexity index is 636. The summed E-state index contributed by atoms with van der Waals surface area (Å²) in [6.07, 6.45) is 8.29. The summed E-state index contributed by atoms with van der Waals surface area (Å²) in [6, 6.07) is 9.14. The maximum Gasteiger partial charge on any atom is 0.168 e. The van der Waals surface area contributed by atoms with Crippen LogP contribution in [-0.4, -0.2) is 37.0 Å². The Hall–Kier alpha value is -0.870. The molecule has 0 saturated carbocycles. The standard InChI is InChI=1S/C22H37NO2S/c1-5-6-7-19-8-10-20(11-9-19)12-13-21-14-16-23(17-15-21)18-26(24,25)22(2,3)4/h8-11,21H,5-7,12-18H2,1-4H3. The highest BCUT2D eigenvalue weighted by atomic mass is 32.2. The van der Waals surface area contributed by atoms with Crippen LogP contribution in [0.5, 0.6) is 0 Å². The molecule has 1 aliphatic rings. The number of benzene rings is 1. The number of unbranched alkanes of at least 4 members (excludes halogenated alkanes) is 1. The first kappa shape index (κ1) is 21.4. The Balaban J connectivity index is 1.73. The molecule has 2 rings (SSSR count). The maximum absolute atomic E-state index is 12.4. The second-order valence-corrected chi connectivity index (χ2v) is 11.6. The molecule has 3 nitrogen and oxygen atoms in total. The second-order valence-electron chi connectivity index (χ2n) is 8.88. The summed E-state index contributed by atoms with van der Waals surface area (Å²) in [5.41, 5.74) is 2.88. The van der Waals surface area contributed by atoms with E-state index in [0.717, 1.165) is 38.3 Å². The number of nitrogens with zero attached hydrogens (tertiary/aromatic N) is 1. The lowest BCUT2D eigenvalue weighted by Crippen LogP contribution is -2.42. The molecule has 0 bridgehead atoms. The Morgan fingerprint density at radius 2 is 1.54 bits per heavy atom. The van der Waals surface area contributed by atoms with Crippen molar-refractivity contribution in [1.82, 2.24) is 4.90 Å². The summed E-state index contributed by atoms with van der Waals surface area (Å²) in [5, 5.41) is 0. The zero-order valence-corrected chi connectivity index (χ0v) is 17.9. The molecule has 0 amide bonds. The molecule has 0 radical (unpaired) electrons. The van der Waals surface area contributed by atoms with Crippen molar-refractivity contribution < 1.29 is 8.42 Å². The molecule has 0 aliphatic carbocycles. The third-order valence-electron chi connectivity index (χ3n) is 5.68. The molecule has 1 saturated heterocycles. The molecule has 0 N–H and O–H groups in total. The second kappa shape index (κ2) is 9.36. The topological polar surface area (TPSA) is 37.4 Å². The van der Waals surface area contributed by atoms with Crippen molar-refractivity contribution in [1.29, 1.82) is 0 Å². The van der Waals surface area contributed by atoms with Crippen LogP contribution in [0.3, 0.4) is 0 Å². The molecule has 0 aromatic heterocycles. The molecule has 1 aliphatic heterocycles. The third kappa shape index (κ3) is 6.38. The first-order valence-electron chi connectivity index (χ1n) is 10.2. The lowest BCUT2D eigenvalue weighted by atomic mass is 9.90. The predicted octanol–water partition coefficient (Wildman–Crippen LogP) is 4.84. The molecule has 26 heavy (non-hydrogen) atoms. The van der Waals surface area contributed by atoms with Crippen molar-refractivity contribution in [2.75, 3.05) is 19.0 Å². The smallest absolute Gasteiger partial charge is 0.168 e. The summed E-state index contributed by atoms with van der Waals surface area (Å²) in [7, 11) is -3.06. The molecule has 1 aromatic carbocycles. The van der Waals surface area contributed by atoms with Crippen LogP contribution in [0, 0.1) is 5.92 Å². The average molecular weight is 380 g/mol. The van der Waals surface area contributed by atoms with Crippen molar-refractivity contribution in [2.24, 2.45) is 5.92 Å². The number of rotatable bonds is 8. The number of sulfone groups is 1. The molecule has 4 heteroatoms.